The molecule has 0 saturated heterocycles. The maximum absolute atomic E-state index is 12.3. The molecule has 2 N–H and O–H groups in total. The van der Waals surface area contributed by atoms with Gasteiger partial charge < -0.3 is 10.4 Å². The number of carbonyl (C=O) groups is 2. The van der Waals surface area contributed by atoms with Crippen LogP contribution in [-0.2, 0) is 4.79 Å². The summed E-state index contributed by atoms with van der Waals surface area (Å²) >= 11 is 0. The van der Waals surface area contributed by atoms with Crippen LogP contribution in [0.5, 0.6) is 0 Å². The molecule has 1 aromatic rings. The molecule has 0 spiro atoms. The van der Waals surface area contributed by atoms with Gasteiger partial charge in [0.15, 0.2) is 0 Å². The van der Waals surface area contributed by atoms with Gasteiger partial charge in [-0.3, -0.25) is 4.90 Å². The first-order chi connectivity index (χ1) is 9.36. The second kappa shape index (κ2) is 6.93. The zero-order valence-electron chi connectivity index (χ0n) is 12.4. The molecular weight excluding hydrogens is 256 g/mol. The van der Waals surface area contributed by atoms with Crippen LogP contribution >= 0.6 is 0 Å². The average molecular weight is 278 g/mol. The predicted octanol–water partition coefficient (Wildman–Crippen LogP) is 2.64. The molecule has 0 radical (unpaired) electrons. The SMILES string of the molecule is CCN(C(=O)N[C@@H](C(=O)O)C(C)C)c1cccc(C)c1. The lowest BCUT2D eigenvalue weighted by Crippen LogP contribution is -2.50. The minimum atomic E-state index is -1.02. The molecule has 20 heavy (non-hydrogen) atoms. The van der Waals surface area contributed by atoms with Crippen molar-refractivity contribution in [3.05, 3.63) is 29.8 Å². The highest BCUT2D eigenvalue weighted by Crippen LogP contribution is 2.16. The first kappa shape index (κ1) is 16.0. The van der Waals surface area contributed by atoms with Crippen LogP contribution in [0.3, 0.4) is 0 Å². The zero-order chi connectivity index (χ0) is 15.3. The summed E-state index contributed by atoms with van der Waals surface area (Å²) in [6.07, 6.45) is 0. The third-order valence-corrected chi connectivity index (χ3v) is 3.09. The van der Waals surface area contributed by atoms with Crippen molar-refractivity contribution < 1.29 is 14.7 Å². The van der Waals surface area contributed by atoms with Crippen LogP contribution < -0.4 is 10.2 Å². The maximum Gasteiger partial charge on any atom is 0.326 e. The second-order valence-corrected chi connectivity index (χ2v) is 5.09. The van der Waals surface area contributed by atoms with E-state index in [2.05, 4.69) is 5.32 Å². The zero-order valence-corrected chi connectivity index (χ0v) is 12.4. The highest BCUT2D eigenvalue weighted by atomic mass is 16.4. The van der Waals surface area contributed by atoms with E-state index in [1.807, 2.05) is 38.1 Å². The standard InChI is InChI=1S/C15H22N2O3/c1-5-17(12-8-6-7-11(4)9-12)15(20)16-13(10(2)3)14(18)19/h6-10,13H,5H2,1-4H3,(H,16,20)(H,18,19)/t13-/m1/s1. The molecule has 2 amide bonds. The van der Waals surface area contributed by atoms with Crippen LogP contribution in [0, 0.1) is 12.8 Å². The lowest BCUT2D eigenvalue weighted by molar-refractivity contribution is -0.140. The van der Waals surface area contributed by atoms with Crippen molar-refractivity contribution in [2.75, 3.05) is 11.4 Å². The Morgan fingerprint density at radius 1 is 1.35 bits per heavy atom. The predicted molar refractivity (Wildman–Crippen MR) is 79.0 cm³/mol. The van der Waals surface area contributed by atoms with Crippen molar-refractivity contribution in [2.45, 2.75) is 33.7 Å². The van der Waals surface area contributed by atoms with E-state index in [4.69, 9.17) is 5.11 Å². The number of urea groups is 1. The van der Waals surface area contributed by atoms with Crippen LogP contribution in [-0.4, -0.2) is 29.7 Å². The van der Waals surface area contributed by atoms with E-state index in [-0.39, 0.29) is 11.9 Å². The van der Waals surface area contributed by atoms with Gasteiger partial charge in [0.2, 0.25) is 0 Å². The molecule has 1 aromatic carbocycles. The van der Waals surface area contributed by atoms with Gasteiger partial charge in [-0.2, -0.15) is 0 Å². The number of carbonyl (C=O) groups excluding carboxylic acids is 1. The van der Waals surface area contributed by atoms with E-state index < -0.39 is 12.0 Å². The first-order valence-corrected chi connectivity index (χ1v) is 6.74. The maximum atomic E-state index is 12.3. The molecule has 110 valence electrons. The van der Waals surface area contributed by atoms with E-state index >= 15 is 0 Å². The van der Waals surface area contributed by atoms with Crippen LogP contribution in [0.1, 0.15) is 26.3 Å². The lowest BCUT2D eigenvalue weighted by atomic mass is 10.1. The van der Waals surface area contributed by atoms with Crippen molar-refractivity contribution in [2.24, 2.45) is 5.92 Å². The third-order valence-electron chi connectivity index (χ3n) is 3.09. The summed E-state index contributed by atoms with van der Waals surface area (Å²) in [7, 11) is 0. The molecule has 0 unspecified atom stereocenters. The highest BCUT2D eigenvalue weighted by Gasteiger charge is 2.25. The van der Waals surface area contributed by atoms with Gasteiger partial charge in [0, 0.05) is 12.2 Å². The number of carboxylic acids is 1. The third kappa shape index (κ3) is 3.98. The van der Waals surface area contributed by atoms with Crippen LogP contribution in [0.25, 0.3) is 0 Å². The number of nitrogens with one attached hydrogen (secondary N) is 1. The quantitative estimate of drug-likeness (QED) is 0.870. The Labute approximate surface area is 119 Å². The molecule has 0 aliphatic rings. The summed E-state index contributed by atoms with van der Waals surface area (Å²) in [5.74, 6) is -1.19. The number of hydrogen-bond donors (Lipinski definition) is 2. The molecule has 5 heteroatoms. The number of amides is 2. The van der Waals surface area contributed by atoms with Crippen molar-refractivity contribution in [3.8, 4) is 0 Å². The second-order valence-electron chi connectivity index (χ2n) is 5.09. The van der Waals surface area contributed by atoms with E-state index in [0.717, 1.165) is 11.3 Å². The van der Waals surface area contributed by atoms with Crippen molar-refractivity contribution in [1.29, 1.82) is 0 Å². The van der Waals surface area contributed by atoms with E-state index in [0.29, 0.717) is 6.54 Å². The van der Waals surface area contributed by atoms with Crippen molar-refractivity contribution in [1.82, 2.24) is 5.32 Å². The number of carboxylic acid groups (broad SMARTS) is 1. The van der Waals surface area contributed by atoms with E-state index in [9.17, 15) is 9.59 Å². The Bertz CT molecular complexity index is 486. The molecule has 1 rings (SSSR count). The number of anilines is 1. The van der Waals surface area contributed by atoms with Crippen LogP contribution in [0.15, 0.2) is 24.3 Å². The highest BCUT2D eigenvalue weighted by molar-refractivity contribution is 5.94. The number of aryl methyl sites for hydroxylation is 1. The summed E-state index contributed by atoms with van der Waals surface area (Å²) in [6.45, 7) is 7.81. The normalized spacial score (nSPS) is 12.1. The van der Waals surface area contributed by atoms with Gasteiger partial charge in [0.25, 0.3) is 0 Å². The molecule has 0 aliphatic heterocycles. The molecule has 0 fully saturated rings. The minimum Gasteiger partial charge on any atom is -0.480 e. The molecule has 5 nitrogen and oxygen atoms in total. The Hall–Kier alpha value is -2.04. The molecule has 0 aromatic heterocycles. The Morgan fingerprint density at radius 3 is 2.45 bits per heavy atom. The van der Waals surface area contributed by atoms with Crippen LogP contribution in [0.2, 0.25) is 0 Å². The fourth-order valence-corrected chi connectivity index (χ4v) is 1.96. The minimum absolute atomic E-state index is 0.173. The topological polar surface area (TPSA) is 69.6 Å². The van der Waals surface area contributed by atoms with Gasteiger partial charge >= 0.3 is 12.0 Å². The molecule has 1 atom stereocenters. The number of nitrogens with zero attached hydrogens (tertiary/aromatic N) is 1. The largest absolute Gasteiger partial charge is 0.480 e. The van der Waals surface area contributed by atoms with Crippen molar-refractivity contribution >= 4 is 17.7 Å². The summed E-state index contributed by atoms with van der Waals surface area (Å²) in [6, 6.07) is 6.27. The smallest absolute Gasteiger partial charge is 0.326 e. The van der Waals surface area contributed by atoms with Crippen molar-refractivity contribution in [3.63, 3.8) is 0 Å². The number of benzene rings is 1. The molecule has 0 aliphatic carbocycles. The van der Waals surface area contributed by atoms with Gasteiger partial charge in [-0.1, -0.05) is 26.0 Å². The van der Waals surface area contributed by atoms with Gasteiger partial charge in [0.05, 0.1) is 0 Å². The molecular formula is C15H22N2O3. The van der Waals surface area contributed by atoms with E-state index in [1.165, 1.54) is 4.90 Å². The summed E-state index contributed by atoms with van der Waals surface area (Å²) in [5, 5.41) is 11.7. The average Bonchev–Trinajstić information content (AvgIpc) is 2.36. The molecule has 0 heterocycles. The molecule has 0 bridgehead atoms. The summed E-state index contributed by atoms with van der Waals surface area (Å²) < 4.78 is 0. The van der Waals surface area contributed by atoms with Gasteiger partial charge in [-0.25, -0.2) is 9.59 Å². The molecule has 0 saturated carbocycles. The number of hydrogen-bond acceptors (Lipinski definition) is 2. The van der Waals surface area contributed by atoms with E-state index in [1.54, 1.807) is 13.8 Å². The van der Waals surface area contributed by atoms with Gasteiger partial charge in [-0.15, -0.1) is 0 Å². The first-order valence-electron chi connectivity index (χ1n) is 6.74. The summed E-state index contributed by atoms with van der Waals surface area (Å²) in [4.78, 5) is 24.9. The van der Waals surface area contributed by atoms with Crippen LogP contribution in [0.4, 0.5) is 10.5 Å². The Kier molecular flexibility index (Phi) is 5.55. The number of aliphatic carboxylic acids is 1. The monoisotopic (exact) mass is 278 g/mol. The van der Waals surface area contributed by atoms with Gasteiger partial charge in [-0.05, 0) is 37.5 Å². The summed E-state index contributed by atoms with van der Waals surface area (Å²) in [5.41, 5.74) is 1.81. The fraction of sp³-hybridized carbons (Fsp3) is 0.467. The lowest BCUT2D eigenvalue weighted by Gasteiger charge is -2.25. The Balaban J connectivity index is 2.90. The Morgan fingerprint density at radius 2 is 2.00 bits per heavy atom. The fourth-order valence-electron chi connectivity index (χ4n) is 1.96. The number of rotatable bonds is 5. The van der Waals surface area contributed by atoms with Gasteiger partial charge in [0.1, 0.15) is 6.04 Å².